The normalized spacial score (nSPS) is 12.7. The van der Waals surface area contributed by atoms with Gasteiger partial charge < -0.3 is 19.1 Å². The van der Waals surface area contributed by atoms with Crippen LogP contribution in [0.25, 0.3) is 11.8 Å². The number of hydrogen-bond donors (Lipinski definition) is 0. The first kappa shape index (κ1) is 19.6. The van der Waals surface area contributed by atoms with Crippen molar-refractivity contribution in [3.8, 4) is 22.9 Å². The topological polar surface area (TPSA) is 65.8 Å². The summed E-state index contributed by atoms with van der Waals surface area (Å²) in [7, 11) is 3.34. The minimum Gasteiger partial charge on any atom is -0.493 e. The van der Waals surface area contributed by atoms with Gasteiger partial charge in [-0.05, 0) is 35.9 Å². The van der Waals surface area contributed by atoms with Gasteiger partial charge in [-0.25, -0.2) is 4.68 Å². The van der Waals surface area contributed by atoms with Crippen molar-refractivity contribution in [3.63, 3.8) is 0 Å². The summed E-state index contributed by atoms with van der Waals surface area (Å²) in [5, 5.41) is 4.37. The van der Waals surface area contributed by atoms with Gasteiger partial charge in [-0.1, -0.05) is 18.2 Å². The number of aromatic nitrogens is 2. The molecule has 3 aromatic rings. The summed E-state index contributed by atoms with van der Waals surface area (Å²) in [6.45, 7) is 1.44. The van der Waals surface area contributed by atoms with Crippen LogP contribution in [0.15, 0.2) is 60.9 Å². The Balaban J connectivity index is 1.43. The number of amides is 1. The van der Waals surface area contributed by atoms with Crippen molar-refractivity contribution in [2.24, 2.45) is 0 Å². The molecule has 0 aliphatic carbocycles. The average Bonchev–Trinajstić information content (AvgIpc) is 3.25. The standard InChI is InChI=1S/C23H23N3O4/c1-25(15-18-14-24-26(16-18)19-6-4-3-5-7-19)22(27)9-8-17-12-20(28-2)23-21(13-17)29-10-11-30-23/h3-9,12-14,16H,10-11,15H2,1-2H3. The number of para-hydroxylation sites is 1. The number of benzene rings is 2. The van der Waals surface area contributed by atoms with Crippen molar-refractivity contribution in [2.75, 3.05) is 27.4 Å². The smallest absolute Gasteiger partial charge is 0.246 e. The lowest BCUT2D eigenvalue weighted by Gasteiger charge is -2.21. The second kappa shape index (κ2) is 8.73. The van der Waals surface area contributed by atoms with Gasteiger partial charge in [0.05, 0.1) is 19.0 Å². The number of carbonyl (C=O) groups is 1. The molecule has 0 atom stereocenters. The quantitative estimate of drug-likeness (QED) is 0.589. The fourth-order valence-electron chi connectivity index (χ4n) is 3.20. The zero-order chi connectivity index (χ0) is 20.9. The van der Waals surface area contributed by atoms with E-state index in [0.29, 0.717) is 37.0 Å². The first-order valence-electron chi connectivity index (χ1n) is 9.64. The van der Waals surface area contributed by atoms with Gasteiger partial charge in [-0.2, -0.15) is 5.10 Å². The van der Waals surface area contributed by atoms with E-state index in [9.17, 15) is 4.79 Å². The van der Waals surface area contributed by atoms with Crippen molar-refractivity contribution in [3.05, 3.63) is 72.1 Å². The third kappa shape index (κ3) is 4.30. The lowest BCUT2D eigenvalue weighted by molar-refractivity contribution is -0.125. The second-order valence-corrected chi connectivity index (χ2v) is 6.90. The highest BCUT2D eigenvalue weighted by Gasteiger charge is 2.18. The molecule has 7 heteroatoms. The summed E-state index contributed by atoms with van der Waals surface area (Å²) >= 11 is 0. The summed E-state index contributed by atoms with van der Waals surface area (Å²) in [6.07, 6.45) is 6.97. The first-order chi connectivity index (χ1) is 14.6. The van der Waals surface area contributed by atoms with Crippen LogP contribution in [-0.2, 0) is 11.3 Å². The Hall–Kier alpha value is -3.74. The summed E-state index contributed by atoms with van der Waals surface area (Å²) in [5.74, 6) is 1.69. The fourth-order valence-corrected chi connectivity index (χ4v) is 3.20. The lowest BCUT2D eigenvalue weighted by Crippen LogP contribution is -2.23. The minimum atomic E-state index is -0.115. The van der Waals surface area contributed by atoms with Gasteiger partial charge in [0, 0.05) is 31.4 Å². The first-order valence-corrected chi connectivity index (χ1v) is 9.64. The fraction of sp³-hybridized carbons (Fsp3) is 0.217. The minimum absolute atomic E-state index is 0.115. The van der Waals surface area contributed by atoms with Crippen LogP contribution in [0.4, 0.5) is 0 Å². The van der Waals surface area contributed by atoms with Gasteiger partial charge in [0.2, 0.25) is 11.7 Å². The summed E-state index contributed by atoms with van der Waals surface area (Å²) in [5.41, 5.74) is 2.73. The van der Waals surface area contributed by atoms with Crippen molar-refractivity contribution in [2.45, 2.75) is 6.54 Å². The third-order valence-corrected chi connectivity index (χ3v) is 4.72. The number of ether oxygens (including phenoxy) is 3. The molecule has 0 bridgehead atoms. The van der Waals surface area contributed by atoms with E-state index in [1.54, 1.807) is 36.0 Å². The maximum atomic E-state index is 12.6. The van der Waals surface area contributed by atoms with Crippen LogP contribution in [0.1, 0.15) is 11.1 Å². The van der Waals surface area contributed by atoms with Gasteiger partial charge in [0.25, 0.3) is 0 Å². The van der Waals surface area contributed by atoms with E-state index in [0.717, 1.165) is 16.8 Å². The van der Waals surface area contributed by atoms with E-state index in [-0.39, 0.29) is 5.91 Å². The molecular formula is C23H23N3O4. The summed E-state index contributed by atoms with van der Waals surface area (Å²) < 4.78 is 18.4. The van der Waals surface area contributed by atoms with Crippen molar-refractivity contribution >= 4 is 12.0 Å². The molecule has 2 heterocycles. The van der Waals surface area contributed by atoms with Crippen LogP contribution in [0.2, 0.25) is 0 Å². The van der Waals surface area contributed by atoms with E-state index in [1.807, 2.05) is 48.7 Å². The molecule has 1 aromatic heterocycles. The highest BCUT2D eigenvalue weighted by atomic mass is 16.6. The molecule has 0 saturated heterocycles. The van der Waals surface area contributed by atoms with Crippen LogP contribution in [-0.4, -0.2) is 48.0 Å². The van der Waals surface area contributed by atoms with E-state index in [1.165, 1.54) is 6.08 Å². The Morgan fingerprint density at radius 2 is 2.03 bits per heavy atom. The highest BCUT2D eigenvalue weighted by molar-refractivity contribution is 5.91. The maximum Gasteiger partial charge on any atom is 0.246 e. The Bertz CT molecular complexity index is 1040. The Kier molecular flexibility index (Phi) is 5.70. The van der Waals surface area contributed by atoms with Crippen LogP contribution in [0.3, 0.4) is 0 Å². The van der Waals surface area contributed by atoms with E-state index in [4.69, 9.17) is 14.2 Å². The molecule has 7 nitrogen and oxygen atoms in total. The summed E-state index contributed by atoms with van der Waals surface area (Å²) in [6, 6.07) is 13.5. The predicted octanol–water partition coefficient (Wildman–Crippen LogP) is 3.32. The third-order valence-electron chi connectivity index (χ3n) is 4.72. The number of methoxy groups -OCH3 is 1. The van der Waals surface area contributed by atoms with Crippen LogP contribution < -0.4 is 14.2 Å². The molecule has 0 saturated carbocycles. The Morgan fingerprint density at radius 1 is 1.23 bits per heavy atom. The molecular weight excluding hydrogens is 382 g/mol. The number of fused-ring (bicyclic) bond motifs is 1. The number of rotatable bonds is 6. The van der Waals surface area contributed by atoms with Gasteiger partial charge in [-0.15, -0.1) is 0 Å². The lowest BCUT2D eigenvalue weighted by atomic mass is 10.1. The molecule has 0 N–H and O–H groups in total. The molecule has 0 spiro atoms. The van der Waals surface area contributed by atoms with Crippen molar-refractivity contribution < 1.29 is 19.0 Å². The molecule has 4 rings (SSSR count). The molecule has 1 amide bonds. The monoisotopic (exact) mass is 405 g/mol. The summed E-state index contributed by atoms with van der Waals surface area (Å²) in [4.78, 5) is 14.2. The molecule has 154 valence electrons. The number of carbonyl (C=O) groups excluding carboxylic acids is 1. The van der Waals surface area contributed by atoms with Crippen molar-refractivity contribution in [1.82, 2.24) is 14.7 Å². The van der Waals surface area contributed by atoms with Crippen LogP contribution in [0, 0.1) is 0 Å². The SMILES string of the molecule is COc1cc(C=CC(=O)N(C)Cc2cnn(-c3ccccc3)c2)cc2c1OCCO2. The Morgan fingerprint density at radius 3 is 2.83 bits per heavy atom. The van der Waals surface area contributed by atoms with Gasteiger partial charge in [-0.3, -0.25) is 4.79 Å². The molecule has 2 aromatic carbocycles. The average molecular weight is 405 g/mol. The zero-order valence-electron chi connectivity index (χ0n) is 16.9. The van der Waals surface area contributed by atoms with Gasteiger partial charge >= 0.3 is 0 Å². The highest BCUT2D eigenvalue weighted by Crippen LogP contribution is 2.40. The van der Waals surface area contributed by atoms with E-state index < -0.39 is 0 Å². The molecule has 0 fully saturated rings. The van der Waals surface area contributed by atoms with Gasteiger partial charge in [0.1, 0.15) is 13.2 Å². The number of nitrogens with zero attached hydrogens (tertiary/aromatic N) is 3. The zero-order valence-corrected chi connectivity index (χ0v) is 16.9. The van der Waals surface area contributed by atoms with Crippen LogP contribution >= 0.6 is 0 Å². The predicted molar refractivity (Wildman–Crippen MR) is 113 cm³/mol. The molecule has 1 aliphatic heterocycles. The molecule has 0 unspecified atom stereocenters. The number of likely N-dealkylation sites (N-methyl/N-ethyl adjacent to an activating group) is 1. The van der Waals surface area contributed by atoms with E-state index in [2.05, 4.69) is 5.10 Å². The Labute approximate surface area is 175 Å². The largest absolute Gasteiger partial charge is 0.493 e. The molecule has 30 heavy (non-hydrogen) atoms. The second-order valence-electron chi connectivity index (χ2n) is 6.90. The molecule has 1 aliphatic rings. The van der Waals surface area contributed by atoms with Crippen molar-refractivity contribution in [1.29, 1.82) is 0 Å². The van der Waals surface area contributed by atoms with Gasteiger partial charge in [0.15, 0.2) is 11.5 Å². The number of hydrogen-bond acceptors (Lipinski definition) is 5. The van der Waals surface area contributed by atoms with E-state index >= 15 is 0 Å². The van der Waals surface area contributed by atoms with Crippen LogP contribution in [0.5, 0.6) is 17.2 Å². The molecule has 0 radical (unpaired) electrons. The maximum absolute atomic E-state index is 12.6.